The van der Waals surface area contributed by atoms with Crippen molar-refractivity contribution in [3.63, 3.8) is 0 Å². The number of phenols is 2. The van der Waals surface area contributed by atoms with Crippen LogP contribution in [0.2, 0.25) is 5.02 Å². The molecule has 0 saturated carbocycles. The maximum absolute atomic E-state index is 11.7. The lowest BCUT2D eigenvalue weighted by Crippen LogP contribution is -2.17. The summed E-state index contributed by atoms with van der Waals surface area (Å²) in [6.07, 6.45) is 1.23. The van der Waals surface area contributed by atoms with Gasteiger partial charge in [-0.15, -0.1) is 0 Å². The molecule has 0 heterocycles. The molecule has 2 aromatic carbocycles. The average Bonchev–Trinajstić information content (AvgIpc) is 2.42. The first kappa shape index (κ1) is 13.9. The van der Waals surface area contributed by atoms with Crippen LogP contribution in [-0.4, -0.2) is 22.3 Å². The Hall–Kier alpha value is -2.53. The van der Waals surface area contributed by atoms with E-state index in [2.05, 4.69) is 10.5 Å². The molecule has 102 valence electrons. The summed E-state index contributed by atoms with van der Waals surface area (Å²) in [4.78, 5) is 11.7. The summed E-state index contributed by atoms with van der Waals surface area (Å²) in [5, 5.41) is 23.0. The number of hydrazone groups is 1. The van der Waals surface area contributed by atoms with Crippen LogP contribution in [0.5, 0.6) is 11.5 Å². The van der Waals surface area contributed by atoms with Gasteiger partial charge in [0.15, 0.2) is 0 Å². The Morgan fingerprint density at radius 3 is 2.75 bits per heavy atom. The number of carbonyl (C=O) groups is 1. The molecule has 1 amide bonds. The molecule has 0 unspecified atom stereocenters. The van der Waals surface area contributed by atoms with Gasteiger partial charge in [-0.25, -0.2) is 5.43 Å². The normalized spacial score (nSPS) is 10.7. The number of rotatable bonds is 3. The molecular formula is C14H11ClN2O3. The van der Waals surface area contributed by atoms with E-state index in [0.29, 0.717) is 10.6 Å². The summed E-state index contributed by atoms with van der Waals surface area (Å²) in [6.45, 7) is 0. The van der Waals surface area contributed by atoms with Gasteiger partial charge in [0.25, 0.3) is 5.91 Å². The minimum atomic E-state index is -0.427. The molecule has 0 atom stereocenters. The largest absolute Gasteiger partial charge is 0.508 e. The molecular weight excluding hydrogens is 280 g/mol. The first-order valence-corrected chi connectivity index (χ1v) is 6.05. The lowest BCUT2D eigenvalue weighted by Gasteiger charge is -2.01. The van der Waals surface area contributed by atoms with Crippen LogP contribution in [0, 0.1) is 0 Å². The number of nitrogens with zero attached hydrogens (tertiary/aromatic N) is 1. The monoisotopic (exact) mass is 290 g/mol. The SMILES string of the molecule is O=C(N/N=C\c1cc(O)ccc1O)c1cccc(Cl)c1. The first-order chi connectivity index (χ1) is 9.56. The molecule has 3 N–H and O–H groups in total. The van der Waals surface area contributed by atoms with Gasteiger partial charge in [0.2, 0.25) is 0 Å². The van der Waals surface area contributed by atoms with Crippen LogP contribution >= 0.6 is 11.6 Å². The third kappa shape index (κ3) is 3.49. The van der Waals surface area contributed by atoms with Crippen molar-refractivity contribution in [2.45, 2.75) is 0 Å². The Morgan fingerprint density at radius 1 is 1.20 bits per heavy atom. The second kappa shape index (κ2) is 6.08. The van der Waals surface area contributed by atoms with E-state index in [0.717, 1.165) is 0 Å². The maximum Gasteiger partial charge on any atom is 0.271 e. The molecule has 2 aromatic rings. The van der Waals surface area contributed by atoms with Gasteiger partial charge in [-0.2, -0.15) is 5.10 Å². The Kier molecular flexibility index (Phi) is 4.22. The molecule has 0 aliphatic rings. The van der Waals surface area contributed by atoms with Gasteiger partial charge < -0.3 is 10.2 Å². The molecule has 6 heteroatoms. The molecule has 2 rings (SSSR count). The predicted molar refractivity (Wildman–Crippen MR) is 76.3 cm³/mol. The first-order valence-electron chi connectivity index (χ1n) is 5.67. The van der Waals surface area contributed by atoms with E-state index < -0.39 is 5.91 Å². The van der Waals surface area contributed by atoms with E-state index in [1.807, 2.05) is 0 Å². The van der Waals surface area contributed by atoms with Gasteiger partial charge in [0, 0.05) is 16.1 Å². The Balaban J connectivity index is 2.06. The van der Waals surface area contributed by atoms with Crippen LogP contribution in [-0.2, 0) is 0 Å². The topological polar surface area (TPSA) is 81.9 Å². The molecule has 0 aliphatic carbocycles. The lowest BCUT2D eigenvalue weighted by atomic mass is 10.2. The van der Waals surface area contributed by atoms with Gasteiger partial charge in [0.05, 0.1) is 6.21 Å². The van der Waals surface area contributed by atoms with Crippen molar-refractivity contribution in [2.75, 3.05) is 0 Å². The molecule has 0 bridgehead atoms. The standard InChI is InChI=1S/C14H11ClN2O3/c15-11-3-1-2-9(6-11)14(20)17-16-8-10-7-12(18)4-5-13(10)19/h1-8,18-19H,(H,17,20)/b16-8-. The van der Waals surface area contributed by atoms with Gasteiger partial charge >= 0.3 is 0 Å². The van der Waals surface area contributed by atoms with Crippen molar-refractivity contribution >= 4 is 23.7 Å². The zero-order valence-corrected chi connectivity index (χ0v) is 11.0. The lowest BCUT2D eigenvalue weighted by molar-refractivity contribution is 0.0955. The number of benzene rings is 2. The van der Waals surface area contributed by atoms with E-state index in [9.17, 15) is 15.0 Å². The number of amides is 1. The number of aromatic hydroxyl groups is 2. The van der Waals surface area contributed by atoms with Crippen molar-refractivity contribution in [2.24, 2.45) is 5.10 Å². The minimum Gasteiger partial charge on any atom is -0.508 e. The predicted octanol–water partition coefficient (Wildman–Crippen LogP) is 2.52. The highest BCUT2D eigenvalue weighted by Crippen LogP contribution is 2.20. The molecule has 0 fully saturated rings. The van der Waals surface area contributed by atoms with E-state index in [4.69, 9.17) is 11.6 Å². The maximum atomic E-state index is 11.7. The van der Waals surface area contributed by atoms with Crippen molar-refractivity contribution < 1.29 is 15.0 Å². The average molecular weight is 291 g/mol. The number of nitrogens with one attached hydrogen (secondary N) is 1. The molecule has 0 saturated heterocycles. The summed E-state index contributed by atoms with van der Waals surface area (Å²) in [6, 6.07) is 10.4. The van der Waals surface area contributed by atoms with E-state index in [1.165, 1.54) is 30.5 Å². The number of phenolic OH excluding ortho intramolecular Hbond substituents is 2. The zero-order chi connectivity index (χ0) is 14.5. The highest BCUT2D eigenvalue weighted by atomic mass is 35.5. The van der Waals surface area contributed by atoms with Gasteiger partial charge in [-0.3, -0.25) is 4.79 Å². The molecule has 0 aliphatic heterocycles. The summed E-state index contributed by atoms with van der Waals surface area (Å²) >= 11 is 5.78. The fourth-order valence-electron chi connectivity index (χ4n) is 1.50. The van der Waals surface area contributed by atoms with Crippen molar-refractivity contribution in [3.8, 4) is 11.5 Å². The molecule has 0 radical (unpaired) electrons. The van der Waals surface area contributed by atoms with Crippen LogP contribution in [0.25, 0.3) is 0 Å². The summed E-state index contributed by atoms with van der Waals surface area (Å²) in [5.41, 5.74) is 2.96. The number of hydrogen-bond donors (Lipinski definition) is 3. The number of carbonyl (C=O) groups excluding carboxylic acids is 1. The molecule has 0 aromatic heterocycles. The quantitative estimate of drug-likeness (QED) is 0.461. The summed E-state index contributed by atoms with van der Waals surface area (Å²) in [7, 11) is 0. The van der Waals surface area contributed by atoms with Crippen LogP contribution < -0.4 is 5.43 Å². The third-order valence-electron chi connectivity index (χ3n) is 2.47. The van der Waals surface area contributed by atoms with Gasteiger partial charge in [0.1, 0.15) is 11.5 Å². The van der Waals surface area contributed by atoms with Crippen LogP contribution in [0.15, 0.2) is 47.6 Å². The highest BCUT2D eigenvalue weighted by molar-refractivity contribution is 6.30. The van der Waals surface area contributed by atoms with E-state index >= 15 is 0 Å². The Labute approximate surface area is 120 Å². The Morgan fingerprint density at radius 2 is 2.00 bits per heavy atom. The van der Waals surface area contributed by atoms with Gasteiger partial charge in [-0.05, 0) is 36.4 Å². The Bertz CT molecular complexity index is 671. The molecule has 0 spiro atoms. The summed E-state index contributed by atoms with van der Waals surface area (Å²) < 4.78 is 0. The van der Waals surface area contributed by atoms with Crippen molar-refractivity contribution in [1.82, 2.24) is 5.43 Å². The molecule has 5 nitrogen and oxygen atoms in total. The fourth-order valence-corrected chi connectivity index (χ4v) is 1.69. The third-order valence-corrected chi connectivity index (χ3v) is 2.70. The van der Waals surface area contributed by atoms with Crippen LogP contribution in [0.1, 0.15) is 15.9 Å². The second-order valence-corrected chi connectivity index (χ2v) is 4.39. The highest BCUT2D eigenvalue weighted by Gasteiger charge is 2.04. The fraction of sp³-hybridized carbons (Fsp3) is 0. The van der Waals surface area contributed by atoms with E-state index in [-0.39, 0.29) is 17.1 Å². The van der Waals surface area contributed by atoms with Crippen LogP contribution in [0.3, 0.4) is 0 Å². The number of hydrogen-bond acceptors (Lipinski definition) is 4. The zero-order valence-electron chi connectivity index (χ0n) is 10.2. The van der Waals surface area contributed by atoms with Crippen molar-refractivity contribution in [1.29, 1.82) is 0 Å². The minimum absolute atomic E-state index is 0.00887. The van der Waals surface area contributed by atoms with Crippen molar-refractivity contribution in [3.05, 3.63) is 58.6 Å². The second-order valence-electron chi connectivity index (χ2n) is 3.95. The smallest absolute Gasteiger partial charge is 0.271 e. The summed E-state index contributed by atoms with van der Waals surface area (Å²) in [5.74, 6) is -0.489. The van der Waals surface area contributed by atoms with E-state index in [1.54, 1.807) is 18.2 Å². The molecule has 20 heavy (non-hydrogen) atoms. The number of halogens is 1. The van der Waals surface area contributed by atoms with Crippen LogP contribution in [0.4, 0.5) is 0 Å². The van der Waals surface area contributed by atoms with Gasteiger partial charge in [-0.1, -0.05) is 17.7 Å².